The van der Waals surface area contributed by atoms with Gasteiger partial charge in [-0.15, -0.1) is 0 Å². The lowest BCUT2D eigenvalue weighted by molar-refractivity contribution is 0.0614. The summed E-state index contributed by atoms with van der Waals surface area (Å²) in [6.45, 7) is 0.301. The van der Waals surface area contributed by atoms with E-state index in [2.05, 4.69) is 10.0 Å². The van der Waals surface area contributed by atoms with Crippen molar-refractivity contribution in [2.24, 2.45) is 5.11 Å². The van der Waals surface area contributed by atoms with Gasteiger partial charge in [0.15, 0.2) is 0 Å². The molecule has 0 spiro atoms. The largest absolute Gasteiger partial charge is 0.445 e. The molecule has 110 valence electrons. The molecule has 1 amide bonds. The molecule has 2 fully saturated rings. The van der Waals surface area contributed by atoms with Gasteiger partial charge < -0.3 is 9.64 Å². The molecule has 0 N–H and O–H groups in total. The minimum Gasteiger partial charge on any atom is -0.445 e. The maximum Gasteiger partial charge on any atom is 0.410 e. The number of carbonyl (C=O) groups is 1. The van der Waals surface area contributed by atoms with Crippen LogP contribution in [-0.4, -0.2) is 29.1 Å². The van der Waals surface area contributed by atoms with Crippen LogP contribution in [0.3, 0.4) is 0 Å². The van der Waals surface area contributed by atoms with Gasteiger partial charge >= 0.3 is 6.09 Å². The van der Waals surface area contributed by atoms with Crippen LogP contribution in [0, 0.1) is 0 Å². The Hall–Kier alpha value is -2.20. The van der Waals surface area contributed by atoms with Gasteiger partial charge in [0.05, 0.1) is 0 Å². The molecule has 2 atom stereocenters. The van der Waals surface area contributed by atoms with Gasteiger partial charge in [0, 0.05) is 23.0 Å². The summed E-state index contributed by atoms with van der Waals surface area (Å²) in [4.78, 5) is 17.0. The number of carbonyl (C=O) groups excluding carboxylic acids is 1. The molecule has 6 nitrogen and oxygen atoms in total. The average Bonchev–Trinajstić information content (AvgIpc) is 2.78. The molecular weight excluding hydrogens is 268 g/mol. The normalized spacial score (nSPS) is 27.0. The number of nitrogens with zero attached hydrogens (tertiary/aromatic N) is 4. The number of benzene rings is 1. The lowest BCUT2D eigenvalue weighted by Crippen LogP contribution is -2.47. The fourth-order valence-corrected chi connectivity index (χ4v) is 3.41. The molecule has 0 saturated carbocycles. The zero-order valence-electron chi connectivity index (χ0n) is 11.8. The van der Waals surface area contributed by atoms with E-state index in [9.17, 15) is 4.79 Å². The number of ether oxygens (including phenoxy) is 1. The number of azide groups is 1. The number of hydrogen-bond acceptors (Lipinski definition) is 3. The lowest BCUT2D eigenvalue weighted by Gasteiger charge is -2.36. The number of rotatable bonds is 3. The van der Waals surface area contributed by atoms with E-state index in [1.807, 2.05) is 35.2 Å². The van der Waals surface area contributed by atoms with Crippen LogP contribution in [-0.2, 0) is 11.3 Å². The van der Waals surface area contributed by atoms with Crippen molar-refractivity contribution in [1.82, 2.24) is 4.90 Å². The first-order valence-corrected chi connectivity index (χ1v) is 7.31. The predicted octanol–water partition coefficient (Wildman–Crippen LogP) is 3.63. The second-order valence-corrected chi connectivity index (χ2v) is 5.66. The third-order valence-corrected chi connectivity index (χ3v) is 4.34. The first kappa shape index (κ1) is 13.8. The molecule has 1 aromatic carbocycles. The van der Waals surface area contributed by atoms with E-state index in [0.29, 0.717) is 6.61 Å². The Morgan fingerprint density at radius 3 is 2.57 bits per heavy atom. The van der Waals surface area contributed by atoms with Crippen LogP contribution in [0.5, 0.6) is 0 Å². The average molecular weight is 286 g/mol. The van der Waals surface area contributed by atoms with Crippen molar-refractivity contribution in [2.75, 3.05) is 0 Å². The Morgan fingerprint density at radius 1 is 1.29 bits per heavy atom. The third-order valence-electron chi connectivity index (χ3n) is 4.34. The van der Waals surface area contributed by atoms with Gasteiger partial charge in [-0.25, -0.2) is 4.79 Å². The first-order chi connectivity index (χ1) is 10.3. The smallest absolute Gasteiger partial charge is 0.410 e. The topological polar surface area (TPSA) is 78.3 Å². The quantitative estimate of drug-likeness (QED) is 0.483. The fourth-order valence-electron chi connectivity index (χ4n) is 3.41. The van der Waals surface area contributed by atoms with Gasteiger partial charge in [-0.3, -0.25) is 0 Å². The molecule has 2 aliphatic rings. The van der Waals surface area contributed by atoms with Crippen LogP contribution < -0.4 is 0 Å². The highest BCUT2D eigenvalue weighted by Gasteiger charge is 2.43. The third kappa shape index (κ3) is 2.95. The summed E-state index contributed by atoms with van der Waals surface area (Å²) in [6, 6.07) is 10.0. The summed E-state index contributed by atoms with van der Waals surface area (Å²) in [5.41, 5.74) is 9.54. The van der Waals surface area contributed by atoms with Gasteiger partial charge in [-0.1, -0.05) is 35.4 Å². The Bertz CT molecular complexity index is 542. The number of hydrogen-bond donors (Lipinski definition) is 0. The van der Waals surface area contributed by atoms with Crippen molar-refractivity contribution in [2.45, 2.75) is 50.4 Å². The highest BCUT2D eigenvalue weighted by Crippen LogP contribution is 2.37. The van der Waals surface area contributed by atoms with Crippen molar-refractivity contribution in [3.8, 4) is 0 Å². The van der Waals surface area contributed by atoms with Crippen LogP contribution in [0.1, 0.15) is 31.2 Å². The SMILES string of the molecule is [N-]=[N+]=NC1CC2CCC(C1)N2C(=O)OCc1ccccc1. The number of amides is 1. The number of piperidine rings is 1. The summed E-state index contributed by atoms with van der Waals surface area (Å²) in [6.07, 6.45) is 3.21. The molecule has 2 heterocycles. The summed E-state index contributed by atoms with van der Waals surface area (Å²) in [5.74, 6) is 0. The van der Waals surface area contributed by atoms with Crippen molar-refractivity contribution < 1.29 is 9.53 Å². The van der Waals surface area contributed by atoms with E-state index in [1.165, 1.54) is 0 Å². The molecule has 2 saturated heterocycles. The molecule has 3 rings (SSSR count). The summed E-state index contributed by atoms with van der Waals surface area (Å²) < 4.78 is 5.43. The Labute approximate surface area is 123 Å². The predicted molar refractivity (Wildman–Crippen MR) is 77.4 cm³/mol. The lowest BCUT2D eigenvalue weighted by atomic mass is 9.99. The molecule has 0 aromatic heterocycles. The Morgan fingerprint density at radius 2 is 1.95 bits per heavy atom. The minimum atomic E-state index is -0.245. The van der Waals surface area contributed by atoms with Crippen LogP contribution in [0.4, 0.5) is 4.79 Å². The molecule has 2 aliphatic heterocycles. The van der Waals surface area contributed by atoms with E-state index < -0.39 is 0 Å². The molecule has 6 heteroatoms. The van der Waals surface area contributed by atoms with Crippen LogP contribution >= 0.6 is 0 Å². The number of fused-ring (bicyclic) bond motifs is 2. The molecular formula is C15H18N4O2. The molecule has 2 unspecified atom stereocenters. The van der Waals surface area contributed by atoms with Crippen molar-refractivity contribution in [3.05, 3.63) is 46.3 Å². The van der Waals surface area contributed by atoms with E-state index in [1.54, 1.807) is 0 Å². The van der Waals surface area contributed by atoms with E-state index in [4.69, 9.17) is 10.3 Å². The van der Waals surface area contributed by atoms with Crippen molar-refractivity contribution in [3.63, 3.8) is 0 Å². The van der Waals surface area contributed by atoms with Gasteiger partial charge in [-0.2, -0.15) is 0 Å². The van der Waals surface area contributed by atoms with E-state index >= 15 is 0 Å². The molecule has 2 bridgehead atoms. The minimum absolute atomic E-state index is 0.0191. The van der Waals surface area contributed by atoms with Crippen molar-refractivity contribution >= 4 is 6.09 Å². The Balaban J connectivity index is 1.60. The van der Waals surface area contributed by atoms with Crippen LogP contribution in [0.2, 0.25) is 0 Å². The Kier molecular flexibility index (Phi) is 3.97. The highest BCUT2D eigenvalue weighted by atomic mass is 16.6. The first-order valence-electron chi connectivity index (χ1n) is 7.31. The zero-order valence-corrected chi connectivity index (χ0v) is 11.8. The van der Waals surface area contributed by atoms with Gasteiger partial charge in [0.1, 0.15) is 6.61 Å². The second-order valence-electron chi connectivity index (χ2n) is 5.66. The molecule has 1 aromatic rings. The fraction of sp³-hybridized carbons (Fsp3) is 0.533. The summed E-state index contributed by atoms with van der Waals surface area (Å²) >= 11 is 0. The maximum atomic E-state index is 12.3. The monoisotopic (exact) mass is 286 g/mol. The van der Waals surface area contributed by atoms with Crippen LogP contribution in [0.25, 0.3) is 10.4 Å². The molecule has 0 aliphatic carbocycles. The molecule has 21 heavy (non-hydrogen) atoms. The van der Waals surface area contributed by atoms with Gasteiger partial charge in [0.2, 0.25) is 0 Å². The standard InChI is InChI=1S/C15H18N4O2/c16-18-17-12-8-13-6-7-14(9-12)19(13)15(20)21-10-11-4-2-1-3-5-11/h1-5,12-14H,6-10H2. The van der Waals surface area contributed by atoms with E-state index in [-0.39, 0.29) is 24.2 Å². The van der Waals surface area contributed by atoms with Gasteiger partial charge in [0.25, 0.3) is 0 Å². The van der Waals surface area contributed by atoms with Crippen molar-refractivity contribution in [1.29, 1.82) is 0 Å². The molecule has 0 radical (unpaired) electrons. The second kappa shape index (κ2) is 6.06. The van der Waals surface area contributed by atoms with Gasteiger partial charge in [-0.05, 0) is 36.8 Å². The summed E-state index contributed by atoms with van der Waals surface area (Å²) in [7, 11) is 0. The maximum absolute atomic E-state index is 12.3. The van der Waals surface area contributed by atoms with Crippen LogP contribution in [0.15, 0.2) is 35.4 Å². The van der Waals surface area contributed by atoms with E-state index in [0.717, 1.165) is 31.2 Å². The zero-order chi connectivity index (χ0) is 14.7. The summed E-state index contributed by atoms with van der Waals surface area (Å²) in [5, 5.41) is 3.81. The highest BCUT2D eigenvalue weighted by molar-refractivity contribution is 5.69.